The first-order valence-corrected chi connectivity index (χ1v) is 12.0. The lowest BCUT2D eigenvalue weighted by Crippen LogP contribution is -2.50. The van der Waals surface area contributed by atoms with E-state index in [1.165, 1.54) is 0 Å². The van der Waals surface area contributed by atoms with Gasteiger partial charge in [0.15, 0.2) is 5.96 Å². The first-order chi connectivity index (χ1) is 14.3. The number of morpholine rings is 1. The number of hydrogen-bond acceptors (Lipinski definition) is 4. The molecule has 1 amide bonds. The molecule has 0 aromatic heterocycles. The van der Waals surface area contributed by atoms with Crippen LogP contribution in [0.3, 0.4) is 0 Å². The second-order valence-corrected chi connectivity index (χ2v) is 10.7. The molecule has 1 N–H and O–H groups in total. The molecule has 0 radical (unpaired) electrons. The predicted octanol–water partition coefficient (Wildman–Crippen LogP) is 3.23. The van der Waals surface area contributed by atoms with Crippen LogP contribution in [0.4, 0.5) is 0 Å². The zero-order valence-electron chi connectivity index (χ0n) is 19.0. The second kappa shape index (κ2) is 10.1. The second-order valence-electron chi connectivity index (χ2n) is 8.86. The first-order valence-electron chi connectivity index (χ1n) is 11.0. The number of guanidine groups is 1. The Morgan fingerprint density at radius 1 is 1.20 bits per heavy atom. The molecular weight excluding hydrogens is 396 g/mol. The van der Waals surface area contributed by atoms with Gasteiger partial charge in [0.05, 0.1) is 18.8 Å². The molecule has 1 aromatic rings. The number of carbonyl (C=O) groups is 1. The van der Waals surface area contributed by atoms with E-state index < -0.39 is 0 Å². The van der Waals surface area contributed by atoms with Gasteiger partial charge < -0.3 is 19.9 Å². The van der Waals surface area contributed by atoms with Crippen molar-refractivity contribution in [3.05, 3.63) is 35.4 Å². The van der Waals surface area contributed by atoms with Crippen molar-refractivity contribution in [2.45, 2.75) is 58.1 Å². The van der Waals surface area contributed by atoms with Crippen molar-refractivity contribution < 1.29 is 9.53 Å². The fraction of sp³-hybridized carbons (Fsp3) is 0.652. The number of nitrogens with zero attached hydrogens (tertiary/aromatic N) is 3. The molecule has 30 heavy (non-hydrogen) atoms. The van der Waals surface area contributed by atoms with Gasteiger partial charge in [0.1, 0.15) is 0 Å². The van der Waals surface area contributed by atoms with Crippen LogP contribution >= 0.6 is 11.8 Å². The Bertz CT molecular complexity index is 740. The van der Waals surface area contributed by atoms with Crippen LogP contribution in [0.1, 0.15) is 50.5 Å². The minimum absolute atomic E-state index is 0.0773. The fourth-order valence-corrected chi connectivity index (χ4v) is 5.18. The van der Waals surface area contributed by atoms with E-state index in [1.54, 1.807) is 0 Å². The summed E-state index contributed by atoms with van der Waals surface area (Å²) in [5.74, 6) is 2.17. The van der Waals surface area contributed by atoms with Gasteiger partial charge in [0, 0.05) is 48.8 Å². The van der Waals surface area contributed by atoms with Gasteiger partial charge in [-0.25, -0.2) is 4.99 Å². The smallest absolute Gasteiger partial charge is 0.254 e. The fourth-order valence-electron chi connectivity index (χ4n) is 4.07. The lowest BCUT2D eigenvalue weighted by atomic mass is 10.1. The number of thioether (sulfide) groups is 1. The summed E-state index contributed by atoms with van der Waals surface area (Å²) >= 11 is 2.02. The molecule has 1 aromatic carbocycles. The standard InChI is InChI=1S/C23H36N4O2S/c1-6-24-22(26-11-12-30-23(4,5)16-26)25-13-19-7-9-20(10-8-19)21(28)27-14-17(2)29-18(3)15-27/h7-10,17-18H,6,11-16H2,1-5H3,(H,24,25). The van der Waals surface area contributed by atoms with Gasteiger partial charge in [-0.15, -0.1) is 0 Å². The average molecular weight is 433 g/mol. The Morgan fingerprint density at radius 3 is 2.47 bits per heavy atom. The topological polar surface area (TPSA) is 57.2 Å². The van der Waals surface area contributed by atoms with E-state index in [4.69, 9.17) is 9.73 Å². The highest BCUT2D eigenvalue weighted by Crippen LogP contribution is 2.29. The van der Waals surface area contributed by atoms with Gasteiger partial charge in [-0.05, 0) is 52.3 Å². The van der Waals surface area contributed by atoms with E-state index >= 15 is 0 Å². The van der Waals surface area contributed by atoms with Crippen molar-refractivity contribution in [2.75, 3.05) is 38.5 Å². The minimum Gasteiger partial charge on any atom is -0.372 e. The highest BCUT2D eigenvalue weighted by molar-refractivity contribution is 8.00. The summed E-state index contributed by atoms with van der Waals surface area (Å²) in [6.45, 7) is 15.5. The van der Waals surface area contributed by atoms with Crippen molar-refractivity contribution in [1.29, 1.82) is 0 Å². The number of ether oxygens (including phenoxy) is 1. The van der Waals surface area contributed by atoms with Crippen LogP contribution in [-0.4, -0.2) is 77.1 Å². The van der Waals surface area contributed by atoms with Gasteiger partial charge in [-0.2, -0.15) is 11.8 Å². The first kappa shape index (κ1) is 22.9. The maximum atomic E-state index is 12.8. The molecule has 2 heterocycles. The molecule has 3 rings (SSSR count). The minimum atomic E-state index is 0.0773. The molecular formula is C23H36N4O2S. The molecule has 2 saturated heterocycles. The number of rotatable bonds is 4. The number of nitrogens with one attached hydrogen (secondary N) is 1. The third-order valence-electron chi connectivity index (χ3n) is 5.38. The van der Waals surface area contributed by atoms with Crippen molar-refractivity contribution in [3.8, 4) is 0 Å². The van der Waals surface area contributed by atoms with Crippen molar-refractivity contribution in [3.63, 3.8) is 0 Å². The molecule has 0 spiro atoms. The van der Waals surface area contributed by atoms with E-state index in [-0.39, 0.29) is 22.9 Å². The molecule has 166 valence electrons. The summed E-state index contributed by atoms with van der Waals surface area (Å²) in [6.07, 6.45) is 0.155. The molecule has 2 aliphatic heterocycles. The highest BCUT2D eigenvalue weighted by Gasteiger charge is 2.29. The van der Waals surface area contributed by atoms with E-state index in [0.29, 0.717) is 19.6 Å². The molecule has 2 aliphatic rings. The molecule has 2 atom stereocenters. The summed E-state index contributed by atoms with van der Waals surface area (Å²) < 4.78 is 5.98. The Labute approximate surface area is 185 Å². The monoisotopic (exact) mass is 432 g/mol. The lowest BCUT2D eigenvalue weighted by molar-refractivity contribution is -0.0586. The molecule has 2 fully saturated rings. The third kappa shape index (κ3) is 6.14. The number of amides is 1. The number of hydrogen-bond donors (Lipinski definition) is 1. The number of aliphatic imine (C=N–C) groups is 1. The third-order valence-corrected chi connectivity index (χ3v) is 6.68. The molecule has 0 saturated carbocycles. The SMILES string of the molecule is CCNC(=NCc1ccc(C(=O)N2CC(C)OC(C)C2)cc1)N1CCSC(C)(C)C1. The quantitative estimate of drug-likeness (QED) is 0.585. The van der Waals surface area contributed by atoms with Gasteiger partial charge in [0.25, 0.3) is 5.91 Å². The summed E-state index contributed by atoms with van der Waals surface area (Å²) in [4.78, 5) is 22.0. The Kier molecular flexibility index (Phi) is 7.69. The average Bonchev–Trinajstić information content (AvgIpc) is 2.69. The largest absolute Gasteiger partial charge is 0.372 e. The molecule has 2 unspecified atom stereocenters. The lowest BCUT2D eigenvalue weighted by Gasteiger charge is -2.39. The van der Waals surface area contributed by atoms with Crippen LogP contribution in [0, 0.1) is 0 Å². The van der Waals surface area contributed by atoms with Crippen molar-refractivity contribution >= 4 is 23.6 Å². The van der Waals surface area contributed by atoms with Crippen LogP contribution < -0.4 is 5.32 Å². The summed E-state index contributed by atoms with van der Waals surface area (Å²) in [5, 5.41) is 3.44. The van der Waals surface area contributed by atoms with Gasteiger partial charge in [0.2, 0.25) is 0 Å². The maximum absolute atomic E-state index is 12.8. The Hall–Kier alpha value is -1.73. The molecule has 6 nitrogen and oxygen atoms in total. The van der Waals surface area contributed by atoms with E-state index in [1.807, 2.05) is 54.8 Å². The summed E-state index contributed by atoms with van der Waals surface area (Å²) in [5.41, 5.74) is 1.84. The van der Waals surface area contributed by atoms with Gasteiger partial charge >= 0.3 is 0 Å². The zero-order chi connectivity index (χ0) is 21.7. The maximum Gasteiger partial charge on any atom is 0.254 e. The molecule has 0 aliphatic carbocycles. The van der Waals surface area contributed by atoms with Crippen LogP contribution in [0.2, 0.25) is 0 Å². The highest BCUT2D eigenvalue weighted by atomic mass is 32.2. The Balaban J connectivity index is 1.64. The van der Waals surface area contributed by atoms with E-state index in [9.17, 15) is 4.79 Å². The number of benzene rings is 1. The predicted molar refractivity (Wildman–Crippen MR) is 125 cm³/mol. The normalized spacial score (nSPS) is 24.6. The molecule has 0 bridgehead atoms. The summed E-state index contributed by atoms with van der Waals surface area (Å²) in [7, 11) is 0. The zero-order valence-corrected chi connectivity index (χ0v) is 19.8. The van der Waals surface area contributed by atoms with Crippen LogP contribution in [-0.2, 0) is 11.3 Å². The van der Waals surface area contributed by atoms with E-state index in [0.717, 1.165) is 42.5 Å². The summed E-state index contributed by atoms with van der Waals surface area (Å²) in [6, 6.07) is 7.88. The van der Waals surface area contributed by atoms with Crippen LogP contribution in [0.15, 0.2) is 29.3 Å². The Morgan fingerprint density at radius 2 is 1.87 bits per heavy atom. The van der Waals surface area contributed by atoms with Crippen molar-refractivity contribution in [1.82, 2.24) is 15.1 Å². The van der Waals surface area contributed by atoms with Gasteiger partial charge in [-0.3, -0.25) is 4.79 Å². The number of carbonyl (C=O) groups excluding carboxylic acids is 1. The van der Waals surface area contributed by atoms with E-state index in [2.05, 4.69) is 31.0 Å². The molecule has 7 heteroatoms. The van der Waals surface area contributed by atoms with Crippen molar-refractivity contribution in [2.24, 2.45) is 4.99 Å². The van der Waals surface area contributed by atoms with Gasteiger partial charge in [-0.1, -0.05) is 12.1 Å². The van der Waals surface area contributed by atoms with Crippen LogP contribution in [0.5, 0.6) is 0 Å². The van der Waals surface area contributed by atoms with Crippen LogP contribution in [0.25, 0.3) is 0 Å².